The van der Waals surface area contributed by atoms with Gasteiger partial charge in [0.15, 0.2) is 0 Å². The molecule has 0 aromatic rings. The Balaban J connectivity index is 1.98. The molecule has 17 heavy (non-hydrogen) atoms. The number of hydrogen-bond donors (Lipinski definition) is 0. The van der Waals surface area contributed by atoms with Crippen molar-refractivity contribution in [2.75, 3.05) is 0 Å². The largest absolute Gasteiger partial charge is 0.333 e. The summed E-state index contributed by atoms with van der Waals surface area (Å²) in [6, 6.07) is 0.194. The third-order valence-electron chi connectivity index (χ3n) is 5.41. The van der Waals surface area contributed by atoms with E-state index in [0.717, 1.165) is 12.7 Å². The Bertz CT molecular complexity index is 354. The molecule has 0 aromatic heterocycles. The van der Waals surface area contributed by atoms with Gasteiger partial charge in [0.05, 0.1) is 0 Å². The van der Waals surface area contributed by atoms with Crippen molar-refractivity contribution in [2.45, 2.75) is 63.5 Å². The number of nitrogens with zero attached hydrogens (tertiary/aromatic N) is 1. The maximum absolute atomic E-state index is 12.4. The van der Waals surface area contributed by atoms with Crippen LogP contribution in [0.3, 0.4) is 0 Å². The number of aldehydes is 1. The average Bonchev–Trinajstić information content (AvgIpc) is 2.79. The van der Waals surface area contributed by atoms with E-state index in [1.54, 1.807) is 0 Å². The molecule has 2 saturated heterocycles. The minimum atomic E-state index is 0.141. The average molecular weight is 235 g/mol. The van der Waals surface area contributed by atoms with Gasteiger partial charge in [-0.15, -0.1) is 0 Å². The van der Waals surface area contributed by atoms with Gasteiger partial charge in [0.2, 0.25) is 5.91 Å². The molecule has 1 saturated carbocycles. The predicted molar refractivity (Wildman–Crippen MR) is 64.4 cm³/mol. The molecule has 1 amide bonds. The highest BCUT2D eigenvalue weighted by atomic mass is 16.2. The summed E-state index contributed by atoms with van der Waals surface area (Å²) in [6.07, 6.45) is 8.53. The van der Waals surface area contributed by atoms with Crippen molar-refractivity contribution in [3.8, 4) is 0 Å². The van der Waals surface area contributed by atoms with E-state index in [4.69, 9.17) is 0 Å². The Morgan fingerprint density at radius 1 is 1.35 bits per heavy atom. The van der Waals surface area contributed by atoms with Crippen molar-refractivity contribution in [2.24, 2.45) is 11.8 Å². The molecule has 3 fully saturated rings. The van der Waals surface area contributed by atoms with Crippen LogP contribution >= 0.6 is 0 Å². The zero-order valence-electron chi connectivity index (χ0n) is 10.5. The normalized spacial score (nSPS) is 44.6. The number of carbonyl (C=O) groups is 2. The Morgan fingerprint density at radius 2 is 2.06 bits per heavy atom. The Labute approximate surface area is 103 Å². The summed E-state index contributed by atoms with van der Waals surface area (Å²) in [6.45, 7) is 2.09. The van der Waals surface area contributed by atoms with Crippen LogP contribution in [0.15, 0.2) is 0 Å². The van der Waals surface area contributed by atoms with Crippen molar-refractivity contribution in [3.63, 3.8) is 0 Å². The van der Waals surface area contributed by atoms with Gasteiger partial charge in [-0.2, -0.15) is 0 Å². The lowest BCUT2D eigenvalue weighted by atomic mass is 9.76. The summed E-state index contributed by atoms with van der Waals surface area (Å²) in [5, 5.41) is 0. The summed E-state index contributed by atoms with van der Waals surface area (Å²) in [5.41, 5.74) is 0.141. The van der Waals surface area contributed by atoms with Gasteiger partial charge in [0.1, 0.15) is 6.29 Å². The zero-order chi connectivity index (χ0) is 12.0. The second-order valence-corrected chi connectivity index (χ2v) is 6.05. The standard InChI is InChI=1S/C14H21NO2/c1-10-12-5-3-8-14(12)7-2-4-11(6-9-16)15(14)13(10)17/h9-12H,2-8H2,1H3/t10-,11-,12-,14-/m1/s1. The van der Waals surface area contributed by atoms with Crippen LogP contribution in [0.1, 0.15) is 51.9 Å². The summed E-state index contributed by atoms with van der Waals surface area (Å²) in [5.74, 6) is 1.07. The number of rotatable bonds is 2. The van der Waals surface area contributed by atoms with Crippen molar-refractivity contribution in [1.82, 2.24) is 4.90 Å². The lowest BCUT2D eigenvalue weighted by Crippen LogP contribution is -2.55. The van der Waals surface area contributed by atoms with Gasteiger partial charge in [-0.1, -0.05) is 13.3 Å². The van der Waals surface area contributed by atoms with E-state index in [0.29, 0.717) is 18.2 Å². The minimum Gasteiger partial charge on any atom is -0.333 e. The van der Waals surface area contributed by atoms with Gasteiger partial charge in [-0.25, -0.2) is 0 Å². The van der Waals surface area contributed by atoms with E-state index in [1.807, 2.05) is 0 Å². The fraction of sp³-hybridized carbons (Fsp3) is 0.857. The zero-order valence-corrected chi connectivity index (χ0v) is 10.5. The number of carbonyl (C=O) groups excluding carboxylic acids is 2. The molecule has 3 aliphatic rings. The number of piperidine rings is 1. The summed E-state index contributed by atoms with van der Waals surface area (Å²) < 4.78 is 0. The summed E-state index contributed by atoms with van der Waals surface area (Å²) in [4.78, 5) is 25.4. The smallest absolute Gasteiger partial charge is 0.226 e. The van der Waals surface area contributed by atoms with Crippen molar-refractivity contribution in [1.29, 1.82) is 0 Å². The second kappa shape index (κ2) is 3.82. The van der Waals surface area contributed by atoms with Crippen molar-refractivity contribution in [3.05, 3.63) is 0 Å². The topological polar surface area (TPSA) is 37.4 Å². The van der Waals surface area contributed by atoms with Gasteiger partial charge in [0, 0.05) is 23.9 Å². The molecular weight excluding hydrogens is 214 g/mol. The van der Waals surface area contributed by atoms with Gasteiger partial charge < -0.3 is 9.69 Å². The quantitative estimate of drug-likeness (QED) is 0.688. The highest BCUT2D eigenvalue weighted by Crippen LogP contribution is 2.56. The summed E-state index contributed by atoms with van der Waals surface area (Å²) >= 11 is 0. The first kappa shape index (κ1) is 11.2. The monoisotopic (exact) mass is 235 g/mol. The van der Waals surface area contributed by atoms with Gasteiger partial charge in [-0.3, -0.25) is 4.79 Å². The van der Waals surface area contributed by atoms with E-state index in [2.05, 4.69) is 11.8 Å². The minimum absolute atomic E-state index is 0.141. The van der Waals surface area contributed by atoms with Crippen LogP contribution in [0.2, 0.25) is 0 Å². The maximum Gasteiger partial charge on any atom is 0.226 e. The van der Waals surface area contributed by atoms with Crippen LogP contribution in [-0.2, 0) is 9.59 Å². The highest BCUT2D eigenvalue weighted by molar-refractivity contribution is 5.83. The van der Waals surface area contributed by atoms with Crippen LogP contribution in [-0.4, -0.2) is 28.7 Å². The van der Waals surface area contributed by atoms with E-state index >= 15 is 0 Å². The first-order valence-corrected chi connectivity index (χ1v) is 6.97. The van der Waals surface area contributed by atoms with Gasteiger partial charge in [-0.05, 0) is 38.0 Å². The molecule has 0 unspecified atom stereocenters. The molecule has 3 nitrogen and oxygen atoms in total. The van der Waals surface area contributed by atoms with Crippen LogP contribution in [0.5, 0.6) is 0 Å². The third-order valence-corrected chi connectivity index (χ3v) is 5.41. The molecule has 0 aromatic carbocycles. The molecule has 0 bridgehead atoms. The lowest BCUT2D eigenvalue weighted by Gasteiger charge is -2.47. The van der Waals surface area contributed by atoms with Gasteiger partial charge in [0.25, 0.3) is 0 Å². The fourth-order valence-corrected chi connectivity index (χ4v) is 4.79. The lowest BCUT2D eigenvalue weighted by molar-refractivity contribution is -0.139. The molecule has 3 heteroatoms. The van der Waals surface area contributed by atoms with E-state index in [9.17, 15) is 9.59 Å². The van der Waals surface area contributed by atoms with E-state index in [-0.39, 0.29) is 17.5 Å². The number of hydrogen-bond acceptors (Lipinski definition) is 2. The molecule has 3 rings (SSSR count). The van der Waals surface area contributed by atoms with Crippen LogP contribution in [0.25, 0.3) is 0 Å². The Kier molecular flexibility index (Phi) is 2.53. The molecule has 2 aliphatic heterocycles. The Hall–Kier alpha value is -0.860. The van der Waals surface area contributed by atoms with E-state index < -0.39 is 0 Å². The molecule has 94 valence electrons. The predicted octanol–water partition coefficient (Wildman–Crippen LogP) is 2.15. The molecule has 1 aliphatic carbocycles. The molecule has 1 spiro atoms. The Morgan fingerprint density at radius 3 is 2.76 bits per heavy atom. The van der Waals surface area contributed by atoms with Crippen molar-refractivity contribution < 1.29 is 9.59 Å². The summed E-state index contributed by atoms with van der Waals surface area (Å²) in [7, 11) is 0. The van der Waals surface area contributed by atoms with Crippen LogP contribution in [0, 0.1) is 11.8 Å². The molecule has 0 N–H and O–H groups in total. The second-order valence-electron chi connectivity index (χ2n) is 6.05. The van der Waals surface area contributed by atoms with Gasteiger partial charge >= 0.3 is 0 Å². The third kappa shape index (κ3) is 1.34. The van der Waals surface area contributed by atoms with Crippen LogP contribution < -0.4 is 0 Å². The van der Waals surface area contributed by atoms with E-state index in [1.165, 1.54) is 32.1 Å². The molecular formula is C14H21NO2. The highest BCUT2D eigenvalue weighted by Gasteiger charge is 2.60. The molecule has 0 radical (unpaired) electrons. The number of amides is 1. The first-order valence-electron chi connectivity index (χ1n) is 6.97. The first-order chi connectivity index (χ1) is 8.20. The van der Waals surface area contributed by atoms with Crippen molar-refractivity contribution >= 4 is 12.2 Å². The maximum atomic E-state index is 12.4. The molecule has 2 heterocycles. The SMILES string of the molecule is C[C@H]1C(=O)N2[C@@H](CC=O)CCC[C@]23CCC[C@H]13. The molecule has 4 atom stereocenters. The van der Waals surface area contributed by atoms with Crippen LogP contribution in [0.4, 0.5) is 0 Å². The fourth-order valence-electron chi connectivity index (χ4n) is 4.79.